The van der Waals surface area contributed by atoms with E-state index >= 15 is 0 Å². The van der Waals surface area contributed by atoms with E-state index in [1.165, 1.54) is 28.1 Å². The number of oxime groups is 1. The first-order chi connectivity index (χ1) is 48.5. The third-order valence-corrected chi connectivity index (χ3v) is 24.1. The molecule has 0 aromatic carbocycles. The molecule has 33 unspecified atom stereocenters. The van der Waals surface area contributed by atoms with Crippen molar-refractivity contribution in [3.05, 3.63) is 0 Å². The molecular weight excluding hydrogens is 1660 g/mol. The Bertz CT molecular complexity index is 2680. The van der Waals surface area contributed by atoms with Crippen LogP contribution in [-0.4, -0.2) is 295 Å². The molecule has 0 saturated carbocycles. The van der Waals surface area contributed by atoms with Crippen LogP contribution in [0.4, 0.5) is 0 Å². The van der Waals surface area contributed by atoms with Gasteiger partial charge in [0.1, 0.15) is 47.8 Å². The van der Waals surface area contributed by atoms with Crippen molar-refractivity contribution in [1.29, 1.82) is 0 Å². The molecule has 6 saturated heterocycles. The molecule has 6 rings (SSSR count). The standard InChI is InChI=1S/C38H71NO12.C37H68N2O13.CH4.I2.V/c1-14-27-38(10,45)31(41)21(3)16-15-20(2)18-36(8,44)33(51-35-29(40)26(39(11)12)17-22(4)47-35)23(5)30(24(6)34(43)49-27)50-28-19-37(9,46-13)32(42)25(7)48-28;1-14-25-37(10,45)30(41)20(4)27(38-46)18(2)16-35(8,44)32(52-34-28(40)24(39(11)12)15-19(3)48-34)21(5)29(22(6)33(43)50-25)51-26-17-36(9,47-13)31(42)23(7)49-26;;1-2;/h20-33,35,40-42,44-45H,14-19H2,1-13H3;18-26,28-32,34,40-42,44-46H,14-17H2,1-13H3;1H4;;/b;38-27-;;;/t20?,21?,22?,23?,24?,25?,26?,27-,28?,29?,30?,31?,32?,33?,35?,36?,37?,38?;18?,19?,20?,21?,22?,23?,24?,25-,26?,28?,29?,30?,31?,32?,34?,35?,36-,37?;;;/m11.../s1. The van der Waals surface area contributed by atoms with E-state index in [4.69, 9.17) is 56.8 Å². The van der Waals surface area contributed by atoms with Gasteiger partial charge in [-0.05, 0) is 168 Å². The van der Waals surface area contributed by atoms with Crippen molar-refractivity contribution < 1.29 is 141 Å². The van der Waals surface area contributed by atoms with Gasteiger partial charge in [-0.3, -0.25) is 9.59 Å². The summed E-state index contributed by atoms with van der Waals surface area (Å²) in [6.45, 7) is 34.4. The number of hydrogen-bond acceptors (Lipinski definition) is 28. The summed E-state index contributed by atoms with van der Waals surface area (Å²) in [4.78, 5) is 32.1. The molecule has 0 aromatic rings. The number of esters is 2. The van der Waals surface area contributed by atoms with Crippen molar-refractivity contribution in [2.24, 2.45) is 52.5 Å². The molecule has 28 nitrogen and oxygen atoms in total. The normalized spacial score (nSPS) is 48.1. The van der Waals surface area contributed by atoms with Gasteiger partial charge in [0.15, 0.2) is 25.2 Å². The summed E-state index contributed by atoms with van der Waals surface area (Å²) in [6.07, 6.45) is -16.2. The van der Waals surface area contributed by atoms with Gasteiger partial charge >= 0.3 is 11.9 Å². The third kappa shape index (κ3) is 25.1. The van der Waals surface area contributed by atoms with E-state index in [1.807, 2.05) is 72.6 Å². The number of likely N-dealkylation sites (N-methyl/N-ethyl adjacent to an activating group) is 2. The minimum absolute atomic E-state index is 0. The first kappa shape index (κ1) is 103. The van der Waals surface area contributed by atoms with E-state index in [2.05, 4.69) is 42.4 Å². The summed E-state index contributed by atoms with van der Waals surface area (Å²) in [6, 6.07) is -0.583. The predicted molar refractivity (Wildman–Crippen MR) is 416 cm³/mol. The molecule has 6 heterocycles. The SMILES string of the molecule is C.CC[C@H]1OC(=O)C(C)C(OC2CC(C)(OC)C(O)C(C)O2)C(C)C(OC2OC(C)CC(N(C)C)C2O)C(C)(O)CC(C)CCC(C)C(O)C1(C)O.CC[C@H]1OC(=O)C(C)C(OC2C[C@@](C)(OC)C(O)C(C)O2)C(C)C(OC2OC(C)CC(N(C)C)C2O)C(C)(O)CC(C)/C(=N/O)C(C)C(O)C1(C)O.II.[V]. The Morgan fingerprint density at radius 2 is 0.869 bits per heavy atom. The number of hydrogen-bond donors (Lipinski definition) is 11. The summed E-state index contributed by atoms with van der Waals surface area (Å²) in [5.41, 5.74) is -8.94. The summed E-state index contributed by atoms with van der Waals surface area (Å²) in [7, 11) is 10.5. The van der Waals surface area contributed by atoms with E-state index in [-0.39, 0.29) is 106 Å². The maximum atomic E-state index is 14.1. The van der Waals surface area contributed by atoms with Crippen LogP contribution in [-0.2, 0) is 85.0 Å². The molecule has 107 heavy (non-hydrogen) atoms. The van der Waals surface area contributed by atoms with Crippen LogP contribution in [0.2, 0.25) is 0 Å². The van der Waals surface area contributed by atoms with Gasteiger partial charge in [0.05, 0.1) is 101 Å². The van der Waals surface area contributed by atoms with E-state index < -0.39 is 192 Å². The summed E-state index contributed by atoms with van der Waals surface area (Å²) < 4.78 is 74.7. The van der Waals surface area contributed by atoms with Crippen molar-refractivity contribution in [2.75, 3.05) is 42.4 Å². The largest absolute Gasteiger partial charge is 0.459 e. The Morgan fingerprint density at radius 3 is 1.21 bits per heavy atom. The van der Waals surface area contributed by atoms with Crippen LogP contribution in [0.1, 0.15) is 210 Å². The van der Waals surface area contributed by atoms with Crippen LogP contribution in [0.5, 0.6) is 0 Å². The van der Waals surface area contributed by atoms with E-state index in [1.54, 1.807) is 90.0 Å². The predicted octanol–water partition coefficient (Wildman–Crippen LogP) is 7.45. The van der Waals surface area contributed by atoms with Crippen molar-refractivity contribution in [3.8, 4) is 0 Å². The molecular formula is C76H143I2N3O25V. The van der Waals surface area contributed by atoms with Crippen LogP contribution in [0.15, 0.2) is 5.16 Å². The van der Waals surface area contributed by atoms with E-state index in [0.29, 0.717) is 25.7 Å². The number of halogens is 2. The van der Waals surface area contributed by atoms with Gasteiger partial charge in [-0.2, -0.15) is 0 Å². The van der Waals surface area contributed by atoms with Gasteiger partial charge in [-0.25, -0.2) is 0 Å². The van der Waals surface area contributed by atoms with Gasteiger partial charge in [0, 0.05) is 119 Å². The average Bonchev–Trinajstić information content (AvgIpc) is 1.21. The number of carbonyl (C=O) groups excluding carboxylic acids is 2. The first-order valence-electron chi connectivity index (χ1n) is 37.9. The molecule has 0 bridgehead atoms. The molecule has 0 amide bonds. The summed E-state index contributed by atoms with van der Waals surface area (Å²) in [5, 5.41) is 130. The van der Waals surface area contributed by atoms with Gasteiger partial charge in [0.2, 0.25) is 0 Å². The molecule has 36 atom stereocenters. The Morgan fingerprint density at radius 1 is 0.514 bits per heavy atom. The molecule has 0 spiro atoms. The zero-order valence-corrected chi connectivity index (χ0v) is 73.8. The number of cyclic esters (lactones) is 2. The fourth-order valence-corrected chi connectivity index (χ4v) is 17.3. The number of rotatable bonds is 14. The molecule has 0 aromatic heterocycles. The molecule has 0 aliphatic carbocycles. The van der Waals surface area contributed by atoms with Crippen LogP contribution in [0.3, 0.4) is 0 Å². The average molecular weight is 1800 g/mol. The van der Waals surface area contributed by atoms with Crippen LogP contribution >= 0.6 is 37.2 Å². The number of ether oxygens (including phenoxy) is 12. The maximum absolute atomic E-state index is 14.1. The molecule has 6 fully saturated rings. The second kappa shape index (κ2) is 43.1. The van der Waals surface area contributed by atoms with Gasteiger partial charge in [0.25, 0.3) is 0 Å². The fraction of sp³-hybridized carbons (Fsp3) is 0.961. The van der Waals surface area contributed by atoms with Crippen LogP contribution in [0, 0.1) is 47.3 Å². The third-order valence-electron chi connectivity index (χ3n) is 24.1. The second-order valence-electron chi connectivity index (χ2n) is 33.6. The molecule has 6 aliphatic rings. The fourth-order valence-electron chi connectivity index (χ4n) is 17.3. The number of methoxy groups -OCH3 is 2. The number of carbonyl (C=O) groups is 2. The van der Waals surface area contributed by atoms with Crippen LogP contribution in [0.25, 0.3) is 0 Å². The number of aliphatic hydroxyl groups excluding tert-OH is 6. The zero-order valence-electron chi connectivity index (χ0n) is 68.1. The summed E-state index contributed by atoms with van der Waals surface area (Å²) in [5.74, 6) is -7.01. The molecule has 31 heteroatoms. The van der Waals surface area contributed by atoms with Gasteiger partial charge in [-0.15, -0.1) is 0 Å². The van der Waals surface area contributed by atoms with E-state index in [9.17, 15) is 65.9 Å². The monoisotopic (exact) mass is 1800 g/mol. The quantitative estimate of drug-likeness (QED) is 0.0348. The zero-order chi connectivity index (χ0) is 80.5. The minimum Gasteiger partial charge on any atom is -0.459 e. The minimum atomic E-state index is -1.97. The summed E-state index contributed by atoms with van der Waals surface area (Å²) >= 11 is 4.24. The smallest absolute Gasteiger partial charge is 0.311 e. The van der Waals surface area contributed by atoms with Gasteiger partial charge < -0.3 is 123 Å². The topological polar surface area (TPSA) is 386 Å². The van der Waals surface area contributed by atoms with Crippen molar-refractivity contribution in [2.45, 2.75) is 379 Å². The second-order valence-corrected chi connectivity index (χ2v) is 33.6. The Labute approximate surface area is 674 Å². The van der Waals surface area contributed by atoms with Crippen LogP contribution < -0.4 is 0 Å². The molecule has 6 aliphatic heterocycles. The Hall–Kier alpha value is -0.426. The van der Waals surface area contributed by atoms with Crippen molar-refractivity contribution in [3.63, 3.8) is 0 Å². The first-order valence-corrected chi connectivity index (χ1v) is 44.2. The maximum Gasteiger partial charge on any atom is 0.311 e. The Kier molecular flexibility index (Phi) is 41.4. The molecule has 1 radical (unpaired) electrons. The number of aliphatic hydroxyl groups is 10. The molecule has 11 N–H and O–H groups in total. The van der Waals surface area contributed by atoms with E-state index in [0.717, 1.165) is 0 Å². The van der Waals surface area contributed by atoms with Crippen molar-refractivity contribution in [1.82, 2.24) is 9.80 Å². The van der Waals surface area contributed by atoms with Gasteiger partial charge in [-0.1, -0.05) is 74.4 Å². The number of nitrogens with zero attached hydrogens (tertiary/aromatic N) is 3. The molecule has 631 valence electrons. The Balaban J connectivity index is 0.000000698. The van der Waals surface area contributed by atoms with Crippen molar-refractivity contribution >= 4 is 54.9 Å².